The third kappa shape index (κ3) is 3.79. The molecule has 0 aromatic heterocycles. The summed E-state index contributed by atoms with van der Waals surface area (Å²) in [6, 6.07) is 4.79. The number of nitrogens with one attached hydrogen (secondary N) is 1. The molecule has 2 amide bonds. The number of fused-ring (bicyclic) bond motifs is 1. The maximum absolute atomic E-state index is 12.9. The number of carbonyl (C=O) groups is 2. The summed E-state index contributed by atoms with van der Waals surface area (Å²) in [5, 5.41) is 1.95. The van der Waals surface area contributed by atoms with E-state index >= 15 is 0 Å². The number of benzene rings is 1. The summed E-state index contributed by atoms with van der Waals surface area (Å²) >= 11 is 1.21. The zero-order valence-corrected chi connectivity index (χ0v) is 17.4. The molecule has 0 radical (unpaired) electrons. The lowest BCUT2D eigenvalue weighted by atomic mass is 10.2. The summed E-state index contributed by atoms with van der Waals surface area (Å²) < 4.78 is 27.0. The van der Waals surface area contributed by atoms with Crippen LogP contribution in [0.2, 0.25) is 0 Å². The molecule has 0 saturated carbocycles. The highest BCUT2D eigenvalue weighted by Crippen LogP contribution is 2.38. The van der Waals surface area contributed by atoms with E-state index in [1.165, 1.54) is 22.1 Å². The minimum absolute atomic E-state index is 0.149. The van der Waals surface area contributed by atoms with E-state index < -0.39 is 15.3 Å². The number of sulfonamides is 1. The highest BCUT2D eigenvalue weighted by molar-refractivity contribution is 8.01. The lowest BCUT2D eigenvalue weighted by Crippen LogP contribution is -2.45. The van der Waals surface area contributed by atoms with Gasteiger partial charge in [0.05, 0.1) is 10.6 Å². The SMILES string of the molecule is O=C1Nc2cc(S(=O)(=O)N3CCCC3)ccc2S[C@@H]1C(=O)N1CCCCCC1. The van der Waals surface area contributed by atoms with E-state index in [9.17, 15) is 18.0 Å². The number of thioether (sulfide) groups is 1. The Morgan fingerprint density at radius 3 is 2.32 bits per heavy atom. The van der Waals surface area contributed by atoms with Gasteiger partial charge in [-0.3, -0.25) is 9.59 Å². The molecule has 1 atom stereocenters. The lowest BCUT2D eigenvalue weighted by molar-refractivity contribution is -0.133. The van der Waals surface area contributed by atoms with E-state index in [2.05, 4.69) is 5.32 Å². The normalized spacial score (nSPS) is 23.8. The van der Waals surface area contributed by atoms with Gasteiger partial charge in [0.2, 0.25) is 21.8 Å². The fourth-order valence-electron chi connectivity index (χ4n) is 3.95. The molecular formula is C19H25N3O4S2. The fourth-order valence-corrected chi connectivity index (χ4v) is 6.54. The highest BCUT2D eigenvalue weighted by Gasteiger charge is 2.37. The second-order valence-electron chi connectivity index (χ2n) is 7.50. The predicted octanol–water partition coefficient (Wildman–Crippen LogP) is 2.29. The van der Waals surface area contributed by atoms with Gasteiger partial charge in [0, 0.05) is 31.1 Å². The van der Waals surface area contributed by atoms with Crippen LogP contribution < -0.4 is 5.32 Å². The minimum atomic E-state index is -3.54. The first kappa shape index (κ1) is 19.7. The van der Waals surface area contributed by atoms with Gasteiger partial charge in [0.1, 0.15) is 0 Å². The van der Waals surface area contributed by atoms with Crippen molar-refractivity contribution in [3.05, 3.63) is 18.2 Å². The maximum Gasteiger partial charge on any atom is 0.247 e. The van der Waals surface area contributed by atoms with Gasteiger partial charge in [-0.15, -0.1) is 11.8 Å². The molecule has 3 aliphatic rings. The fraction of sp³-hybridized carbons (Fsp3) is 0.579. The summed E-state index contributed by atoms with van der Waals surface area (Å²) in [6.45, 7) is 2.46. The minimum Gasteiger partial charge on any atom is -0.341 e. The molecule has 9 heteroatoms. The van der Waals surface area contributed by atoms with Crippen LogP contribution in [0.15, 0.2) is 28.0 Å². The van der Waals surface area contributed by atoms with Crippen LogP contribution >= 0.6 is 11.8 Å². The maximum atomic E-state index is 12.9. The molecule has 3 heterocycles. The highest BCUT2D eigenvalue weighted by atomic mass is 32.2. The van der Waals surface area contributed by atoms with Gasteiger partial charge in [-0.2, -0.15) is 4.31 Å². The average molecular weight is 424 g/mol. The van der Waals surface area contributed by atoms with E-state index in [0.717, 1.165) is 43.4 Å². The molecule has 0 aliphatic carbocycles. The van der Waals surface area contributed by atoms with Crippen LogP contribution in [0.4, 0.5) is 5.69 Å². The molecule has 152 valence electrons. The summed E-state index contributed by atoms with van der Waals surface area (Å²) in [4.78, 5) is 28.2. The molecule has 2 fully saturated rings. The topological polar surface area (TPSA) is 86.8 Å². The van der Waals surface area contributed by atoms with Crippen LogP contribution in [-0.4, -0.2) is 60.9 Å². The summed E-state index contributed by atoms with van der Waals surface area (Å²) in [5.74, 6) is -0.522. The quantitative estimate of drug-likeness (QED) is 0.754. The second kappa shape index (κ2) is 8.04. The molecule has 28 heavy (non-hydrogen) atoms. The molecule has 3 aliphatic heterocycles. The Morgan fingerprint density at radius 1 is 1.00 bits per heavy atom. The number of carbonyl (C=O) groups excluding carboxylic acids is 2. The molecule has 7 nitrogen and oxygen atoms in total. The Morgan fingerprint density at radius 2 is 1.64 bits per heavy atom. The van der Waals surface area contributed by atoms with E-state index in [1.807, 2.05) is 0 Å². The summed E-state index contributed by atoms with van der Waals surface area (Å²) in [5.41, 5.74) is 0.468. The molecule has 1 N–H and O–H groups in total. The zero-order valence-electron chi connectivity index (χ0n) is 15.7. The summed E-state index contributed by atoms with van der Waals surface area (Å²) in [6.07, 6.45) is 5.92. The first-order valence-corrected chi connectivity index (χ1v) is 12.2. The Hall–Kier alpha value is -1.58. The van der Waals surface area contributed by atoms with Crippen molar-refractivity contribution in [2.75, 3.05) is 31.5 Å². The van der Waals surface area contributed by atoms with Crippen LogP contribution in [0.25, 0.3) is 0 Å². The molecule has 0 bridgehead atoms. The van der Waals surface area contributed by atoms with Crippen molar-refractivity contribution in [3.8, 4) is 0 Å². The lowest BCUT2D eigenvalue weighted by Gasteiger charge is -2.29. The Labute approximate surface area is 169 Å². The molecule has 2 saturated heterocycles. The van der Waals surface area contributed by atoms with Crippen LogP contribution in [0.5, 0.6) is 0 Å². The standard InChI is InChI=1S/C19H25N3O4S2/c23-18-17(19(24)21-9-3-1-2-4-10-21)27-16-8-7-14(13-15(16)20-18)28(25,26)22-11-5-6-12-22/h7-8,13,17H,1-6,9-12H2,(H,20,23)/t17-/m0/s1. The van der Waals surface area contributed by atoms with Gasteiger partial charge >= 0.3 is 0 Å². The van der Waals surface area contributed by atoms with Gasteiger partial charge in [-0.05, 0) is 43.9 Å². The van der Waals surface area contributed by atoms with Crippen LogP contribution in [0.3, 0.4) is 0 Å². The van der Waals surface area contributed by atoms with Crippen LogP contribution in [-0.2, 0) is 19.6 Å². The van der Waals surface area contributed by atoms with Gasteiger partial charge in [-0.1, -0.05) is 12.8 Å². The zero-order chi connectivity index (χ0) is 19.7. The third-order valence-corrected chi connectivity index (χ3v) is 8.69. The number of amides is 2. The van der Waals surface area contributed by atoms with Crippen molar-refractivity contribution in [2.24, 2.45) is 0 Å². The number of likely N-dealkylation sites (tertiary alicyclic amines) is 1. The third-order valence-electron chi connectivity index (χ3n) is 5.54. The second-order valence-corrected chi connectivity index (χ2v) is 10.6. The molecule has 0 unspecified atom stereocenters. The molecule has 4 rings (SSSR count). The molecular weight excluding hydrogens is 398 g/mol. The van der Waals surface area contributed by atoms with Crippen molar-refractivity contribution in [1.29, 1.82) is 0 Å². The first-order chi connectivity index (χ1) is 13.5. The van der Waals surface area contributed by atoms with Crippen LogP contribution in [0, 0.1) is 0 Å². The van der Waals surface area contributed by atoms with Crippen molar-refractivity contribution >= 4 is 39.3 Å². The van der Waals surface area contributed by atoms with Crippen LogP contribution in [0.1, 0.15) is 38.5 Å². The monoisotopic (exact) mass is 423 g/mol. The largest absolute Gasteiger partial charge is 0.341 e. The van der Waals surface area contributed by atoms with Gasteiger partial charge in [-0.25, -0.2) is 8.42 Å². The Balaban J connectivity index is 1.54. The smallest absolute Gasteiger partial charge is 0.247 e. The van der Waals surface area contributed by atoms with Gasteiger partial charge in [0.25, 0.3) is 0 Å². The number of anilines is 1. The molecule has 1 aromatic carbocycles. The Kier molecular flexibility index (Phi) is 5.66. The Bertz CT molecular complexity index is 873. The van der Waals surface area contributed by atoms with Gasteiger partial charge in [0.15, 0.2) is 5.25 Å². The number of hydrogen-bond donors (Lipinski definition) is 1. The number of nitrogens with zero attached hydrogens (tertiary/aromatic N) is 2. The number of hydrogen-bond acceptors (Lipinski definition) is 5. The average Bonchev–Trinajstić information content (AvgIpc) is 3.10. The summed E-state index contributed by atoms with van der Waals surface area (Å²) in [7, 11) is -3.54. The first-order valence-electron chi connectivity index (χ1n) is 9.87. The van der Waals surface area contributed by atoms with Crippen molar-refractivity contribution in [2.45, 2.75) is 53.6 Å². The van der Waals surface area contributed by atoms with E-state index in [4.69, 9.17) is 0 Å². The van der Waals surface area contributed by atoms with E-state index in [0.29, 0.717) is 31.9 Å². The van der Waals surface area contributed by atoms with Crippen molar-refractivity contribution in [3.63, 3.8) is 0 Å². The van der Waals surface area contributed by atoms with Crippen molar-refractivity contribution < 1.29 is 18.0 Å². The van der Waals surface area contributed by atoms with E-state index in [-0.39, 0.29) is 16.7 Å². The number of rotatable bonds is 3. The van der Waals surface area contributed by atoms with Crippen molar-refractivity contribution in [1.82, 2.24) is 9.21 Å². The van der Waals surface area contributed by atoms with Gasteiger partial charge < -0.3 is 10.2 Å². The van der Waals surface area contributed by atoms with E-state index in [1.54, 1.807) is 17.0 Å². The molecule has 1 aromatic rings. The predicted molar refractivity (Wildman–Crippen MR) is 108 cm³/mol. The molecule has 0 spiro atoms.